The number of hydrogen-bond donors (Lipinski definition) is 3. The van der Waals surface area contributed by atoms with Gasteiger partial charge in [-0.3, -0.25) is 19.2 Å². The number of hydrogen-bond acceptors (Lipinski definition) is 18. The maximum absolute atomic E-state index is 15.8. The number of nitrogens with one attached hydrogen (secondary N) is 1. The second-order valence-electron chi connectivity index (χ2n) is 19.7. The van der Waals surface area contributed by atoms with Crippen molar-refractivity contribution in [1.82, 2.24) is 5.32 Å². The van der Waals surface area contributed by atoms with Crippen LogP contribution >= 0.6 is 0 Å². The Morgan fingerprint density at radius 2 is 1.48 bits per heavy atom. The number of carbonyl (C=O) groups excluding carboxylic acids is 7. The lowest BCUT2D eigenvalue weighted by molar-refractivity contribution is -0.346. The van der Waals surface area contributed by atoms with Crippen LogP contribution in [0, 0.1) is 16.7 Å². The zero-order valence-corrected chi connectivity index (χ0v) is 41.6. The first kappa shape index (κ1) is 52.8. The second kappa shape index (κ2) is 20.8. The molecule has 3 aromatic rings. The van der Waals surface area contributed by atoms with Gasteiger partial charge in [-0.05, 0) is 68.2 Å². The second-order valence-corrected chi connectivity index (χ2v) is 19.7. The maximum atomic E-state index is 15.8. The van der Waals surface area contributed by atoms with Crippen molar-refractivity contribution < 1.29 is 86.4 Å². The summed E-state index contributed by atoms with van der Waals surface area (Å²) >= 11 is 0. The first-order chi connectivity index (χ1) is 34.7. The zero-order valence-electron chi connectivity index (χ0n) is 41.6. The largest absolute Gasteiger partial charge is 0.509 e. The van der Waals surface area contributed by atoms with Crippen molar-refractivity contribution in [3.8, 4) is 0 Å². The van der Waals surface area contributed by atoms with Gasteiger partial charge >= 0.3 is 30.0 Å². The fraction of sp³-hybridized carbons (Fsp3) is 0.500. The van der Waals surface area contributed by atoms with E-state index in [1.807, 2.05) is 0 Å². The van der Waals surface area contributed by atoms with E-state index in [1.165, 1.54) is 26.0 Å². The molecule has 0 radical (unpaired) electrons. The monoisotopic (exact) mass is 1010 g/mol. The van der Waals surface area contributed by atoms with Crippen LogP contribution < -0.4 is 5.32 Å². The number of fused-ring (bicyclic) bond motifs is 5. The van der Waals surface area contributed by atoms with E-state index in [0.717, 1.165) is 13.8 Å². The van der Waals surface area contributed by atoms with Crippen LogP contribution in [0.4, 0.5) is 4.79 Å². The SMILES string of the molecule is CC[C@@]1(C)C2=C(C)[C@@H](OC(=O)[C@H](OC(=O)OCC3COC(C)O3)[C@@H](NC(=O)c3ccccc3)c3ccccc3)C[C@@]1(O)[C@@H](OC(=O)c1ccccc1)[C@@H]1[C@]3(OC(C)=O)CO[C@@H]3C[C@H](O)[C@@]1(C)C(=O)[C@@H]2OC(C)=O. The molecule has 3 N–H and O–H groups in total. The number of amides is 1. The van der Waals surface area contributed by atoms with Gasteiger partial charge in [0, 0.05) is 37.7 Å². The fourth-order valence-electron chi connectivity index (χ4n) is 11.6. The molecule has 0 aromatic heterocycles. The number of aliphatic hydroxyl groups is 2. The molecule has 390 valence electrons. The molecule has 4 fully saturated rings. The van der Waals surface area contributed by atoms with Gasteiger partial charge in [-0.15, -0.1) is 0 Å². The molecule has 3 aromatic carbocycles. The molecule has 3 aliphatic carbocycles. The van der Waals surface area contributed by atoms with Crippen molar-refractivity contribution in [1.29, 1.82) is 0 Å². The predicted molar refractivity (Wildman–Crippen MR) is 253 cm³/mol. The van der Waals surface area contributed by atoms with Crippen molar-refractivity contribution in [3.05, 3.63) is 119 Å². The highest BCUT2D eigenvalue weighted by Gasteiger charge is 2.78. The molecule has 2 unspecified atom stereocenters. The third-order valence-corrected chi connectivity index (χ3v) is 15.5. The van der Waals surface area contributed by atoms with Gasteiger partial charge in [0.25, 0.3) is 5.91 Å². The van der Waals surface area contributed by atoms with Crippen molar-refractivity contribution in [2.75, 3.05) is 19.8 Å². The van der Waals surface area contributed by atoms with E-state index in [0.29, 0.717) is 5.56 Å². The number of aliphatic hydroxyl groups excluding tert-OH is 1. The molecule has 2 heterocycles. The number of ether oxygens (including phenoxy) is 9. The summed E-state index contributed by atoms with van der Waals surface area (Å²) in [5.41, 5.74) is -7.49. The van der Waals surface area contributed by atoms with Crippen molar-refractivity contribution in [3.63, 3.8) is 0 Å². The molecule has 2 bridgehead atoms. The quantitative estimate of drug-likeness (QED) is 0.109. The van der Waals surface area contributed by atoms with Gasteiger partial charge in [-0.2, -0.15) is 0 Å². The summed E-state index contributed by atoms with van der Waals surface area (Å²) in [4.78, 5) is 99.9. The summed E-state index contributed by atoms with van der Waals surface area (Å²) in [5.74, 6) is -7.13. The average Bonchev–Trinajstić information content (AvgIpc) is 3.80. The Morgan fingerprint density at radius 3 is 2.04 bits per heavy atom. The van der Waals surface area contributed by atoms with E-state index in [-0.39, 0.29) is 54.9 Å². The first-order valence-electron chi connectivity index (χ1n) is 24.3. The van der Waals surface area contributed by atoms with Crippen LogP contribution in [0.15, 0.2) is 102 Å². The number of ketones is 1. The lowest BCUT2D eigenvalue weighted by Crippen LogP contribution is -2.82. The lowest BCUT2D eigenvalue weighted by Gasteiger charge is -2.67. The summed E-state index contributed by atoms with van der Waals surface area (Å²) in [7, 11) is 0. The van der Waals surface area contributed by atoms with E-state index in [4.69, 9.17) is 42.6 Å². The number of carbonyl (C=O) groups is 7. The molecule has 2 saturated heterocycles. The van der Waals surface area contributed by atoms with Gasteiger partial charge < -0.3 is 58.2 Å². The number of esters is 4. The van der Waals surface area contributed by atoms with E-state index in [2.05, 4.69) is 5.32 Å². The standard InChI is InChI=1S/C54H61NO18/c1-8-51(6)40-29(2)37(70-49(62)43(71-50(63)66-27-36-26-65-32(5)69-36)41(33-18-12-9-13-19-33)55-47(60)34-20-14-10-15-21-34)25-54(51,64)46(72-48(61)35-22-16-11-17-23-35)44-52(7,45(59)42(40)68-30(3)56)38(58)24-39-53(44,28-67-39)73-31(4)57/h9-23,32,36-39,41-44,46,58,64H,8,24-28H2,1-7H3,(H,55,60)/t32?,36?,37-,38-,39+,41-,42+,43+,44-,46-,51-,52+,53-,54+/m0/s1. The summed E-state index contributed by atoms with van der Waals surface area (Å²) in [6.45, 7) is 9.51. The van der Waals surface area contributed by atoms with Crippen molar-refractivity contribution in [2.45, 2.75) is 134 Å². The van der Waals surface area contributed by atoms with Crippen molar-refractivity contribution >= 4 is 41.7 Å². The molecule has 1 amide bonds. The van der Waals surface area contributed by atoms with Crippen LogP contribution in [0.2, 0.25) is 0 Å². The van der Waals surface area contributed by atoms with Gasteiger partial charge in [-0.25, -0.2) is 14.4 Å². The third kappa shape index (κ3) is 9.64. The Morgan fingerprint density at radius 1 is 0.849 bits per heavy atom. The Kier molecular flexibility index (Phi) is 15.0. The minimum absolute atomic E-state index is 0.0233. The molecule has 19 nitrogen and oxygen atoms in total. The molecule has 8 rings (SSSR count). The Labute approximate surface area is 421 Å². The van der Waals surface area contributed by atoms with Crippen LogP contribution in [0.5, 0.6) is 0 Å². The molecule has 0 spiro atoms. The van der Waals surface area contributed by atoms with Crippen LogP contribution in [0.3, 0.4) is 0 Å². The van der Waals surface area contributed by atoms with Crippen LogP contribution in [0.25, 0.3) is 0 Å². The number of rotatable bonds is 14. The zero-order chi connectivity index (χ0) is 52.6. The van der Waals surface area contributed by atoms with Crippen LogP contribution in [-0.4, -0.2) is 132 Å². The number of benzene rings is 3. The smallest absolute Gasteiger partial charge is 0.455 e. The summed E-state index contributed by atoms with van der Waals surface area (Å²) in [6.07, 6.45) is -13.6. The van der Waals surface area contributed by atoms with Crippen molar-refractivity contribution in [2.24, 2.45) is 16.7 Å². The topological polar surface area (TPSA) is 255 Å². The molecule has 73 heavy (non-hydrogen) atoms. The highest BCUT2D eigenvalue weighted by molar-refractivity contribution is 5.96. The minimum atomic E-state index is -2.47. The maximum Gasteiger partial charge on any atom is 0.509 e. The summed E-state index contributed by atoms with van der Waals surface area (Å²) in [6, 6.07) is 22.6. The molecule has 19 heteroatoms. The average molecular weight is 1010 g/mol. The molecule has 2 aliphatic heterocycles. The van der Waals surface area contributed by atoms with Crippen LogP contribution in [-0.2, 0) is 61.8 Å². The molecule has 5 aliphatic rings. The van der Waals surface area contributed by atoms with Gasteiger partial charge in [0.1, 0.15) is 42.7 Å². The summed E-state index contributed by atoms with van der Waals surface area (Å²) in [5, 5.41) is 29.2. The van der Waals surface area contributed by atoms with E-state index in [1.54, 1.807) is 99.6 Å². The molecule has 2 saturated carbocycles. The van der Waals surface area contributed by atoms with E-state index < -0.39 is 131 Å². The summed E-state index contributed by atoms with van der Waals surface area (Å²) < 4.78 is 53.3. The molecular weight excluding hydrogens is 951 g/mol. The Balaban J connectivity index is 1.29. The highest BCUT2D eigenvalue weighted by atomic mass is 16.8. The van der Waals surface area contributed by atoms with Crippen LogP contribution in [0.1, 0.15) is 100 Å². The predicted octanol–water partition coefficient (Wildman–Crippen LogP) is 5.05. The normalized spacial score (nSPS) is 33.1. The molecular formula is C54H61NO18. The lowest BCUT2D eigenvalue weighted by atomic mass is 9.44. The number of Topliss-reactive ketones (excluding diaryl/α,β-unsaturated/α-hetero) is 1. The van der Waals surface area contributed by atoms with Gasteiger partial charge in [-0.1, -0.05) is 80.6 Å². The van der Waals surface area contributed by atoms with Gasteiger partial charge in [0.15, 0.2) is 23.8 Å². The Bertz CT molecular complexity index is 2630. The van der Waals surface area contributed by atoms with Gasteiger partial charge in [0.2, 0.25) is 6.10 Å². The third-order valence-electron chi connectivity index (χ3n) is 15.5. The van der Waals surface area contributed by atoms with E-state index in [9.17, 15) is 34.2 Å². The fourth-order valence-corrected chi connectivity index (χ4v) is 11.6. The van der Waals surface area contributed by atoms with E-state index >= 15 is 9.59 Å². The molecule has 14 atom stereocenters. The first-order valence-corrected chi connectivity index (χ1v) is 24.3. The Hall–Kier alpha value is -6.51. The highest BCUT2D eigenvalue weighted by Crippen LogP contribution is 2.65. The van der Waals surface area contributed by atoms with Gasteiger partial charge in [0.05, 0.1) is 36.2 Å². The minimum Gasteiger partial charge on any atom is -0.455 e.